The van der Waals surface area contributed by atoms with Crippen molar-refractivity contribution in [2.75, 3.05) is 26.1 Å². The van der Waals surface area contributed by atoms with E-state index in [1.54, 1.807) is 37.8 Å². The molecule has 40 heavy (non-hydrogen) atoms. The van der Waals surface area contributed by atoms with Crippen molar-refractivity contribution in [1.29, 1.82) is 0 Å². The predicted molar refractivity (Wildman–Crippen MR) is 156 cm³/mol. The lowest BCUT2D eigenvalue weighted by molar-refractivity contribution is -0.113. The second-order valence-electron chi connectivity index (χ2n) is 9.01. The number of carbonyl (C=O) groups is 1. The number of rotatable bonds is 8. The van der Waals surface area contributed by atoms with Crippen LogP contribution in [-0.4, -0.2) is 31.3 Å². The van der Waals surface area contributed by atoms with Crippen LogP contribution in [0, 0.1) is 0 Å². The Kier molecular flexibility index (Phi) is 7.84. The molecule has 0 spiro atoms. The number of hydrogen-bond donors (Lipinski definition) is 1. The molecule has 1 aromatic heterocycles. The van der Waals surface area contributed by atoms with Crippen molar-refractivity contribution in [3.05, 3.63) is 115 Å². The van der Waals surface area contributed by atoms with Gasteiger partial charge in [-0.2, -0.15) is 0 Å². The maximum absolute atomic E-state index is 14.0. The number of ether oxygens (including phenoxy) is 3. The molecular weight excluding hydrogens is 526 g/mol. The third-order valence-electron chi connectivity index (χ3n) is 6.52. The molecule has 1 aliphatic heterocycles. The third kappa shape index (κ3) is 5.28. The molecule has 1 aliphatic rings. The minimum Gasteiger partial charge on any atom is -0.497 e. The summed E-state index contributed by atoms with van der Waals surface area (Å²) in [6.07, 6.45) is 1.82. The summed E-state index contributed by atoms with van der Waals surface area (Å²) in [5, 5.41) is 2.96. The third-order valence-corrected chi connectivity index (χ3v) is 7.51. The largest absolute Gasteiger partial charge is 0.497 e. The molecule has 0 saturated heterocycles. The lowest BCUT2D eigenvalue weighted by Gasteiger charge is -2.26. The number of para-hydroxylation sites is 1. The highest BCUT2D eigenvalue weighted by atomic mass is 32.1. The molecule has 5 rings (SSSR count). The Morgan fingerprint density at radius 2 is 1.75 bits per heavy atom. The molecule has 3 aromatic carbocycles. The molecule has 1 amide bonds. The van der Waals surface area contributed by atoms with Gasteiger partial charge in [-0.1, -0.05) is 41.7 Å². The first-order valence-corrected chi connectivity index (χ1v) is 13.6. The van der Waals surface area contributed by atoms with Crippen LogP contribution < -0.4 is 34.4 Å². The first-order valence-electron chi connectivity index (χ1n) is 12.8. The van der Waals surface area contributed by atoms with Crippen LogP contribution in [0.25, 0.3) is 6.08 Å². The number of nitrogens with zero attached hydrogens (tertiary/aromatic N) is 2. The summed E-state index contributed by atoms with van der Waals surface area (Å²) in [7, 11) is 3.12. The summed E-state index contributed by atoms with van der Waals surface area (Å²) in [6, 6.07) is 21.3. The second kappa shape index (κ2) is 11.6. The fourth-order valence-corrected chi connectivity index (χ4v) is 5.70. The number of benzene rings is 3. The van der Waals surface area contributed by atoms with Crippen LogP contribution in [0.2, 0.25) is 0 Å². The SMILES string of the molecule is CCOc1ccc(/C=c2\sc3n(c2=O)[C@H](c2ccc(OC)cc2OC)C(C(=O)Nc2ccccc2)=C(C)N=3)cc1. The number of aromatic nitrogens is 1. The molecule has 0 radical (unpaired) electrons. The quantitative estimate of drug-likeness (QED) is 0.350. The van der Waals surface area contributed by atoms with Gasteiger partial charge in [-0.3, -0.25) is 14.2 Å². The number of fused-ring (bicyclic) bond motifs is 1. The smallest absolute Gasteiger partial charge is 0.271 e. The van der Waals surface area contributed by atoms with E-state index in [9.17, 15) is 9.59 Å². The molecule has 9 heteroatoms. The normalized spacial score (nSPS) is 14.8. The van der Waals surface area contributed by atoms with E-state index in [1.165, 1.54) is 11.3 Å². The predicted octanol–water partition coefficient (Wildman–Crippen LogP) is 4.29. The molecule has 1 N–H and O–H groups in total. The Balaban J connectivity index is 1.68. The van der Waals surface area contributed by atoms with E-state index in [2.05, 4.69) is 5.32 Å². The average molecular weight is 556 g/mol. The number of methoxy groups -OCH3 is 2. The van der Waals surface area contributed by atoms with E-state index >= 15 is 0 Å². The van der Waals surface area contributed by atoms with Gasteiger partial charge in [-0.25, -0.2) is 4.99 Å². The summed E-state index contributed by atoms with van der Waals surface area (Å²) in [5.41, 5.74) is 2.76. The van der Waals surface area contributed by atoms with Gasteiger partial charge < -0.3 is 19.5 Å². The van der Waals surface area contributed by atoms with Crippen LogP contribution in [0.1, 0.15) is 31.0 Å². The van der Waals surface area contributed by atoms with Crippen molar-refractivity contribution in [2.24, 2.45) is 4.99 Å². The van der Waals surface area contributed by atoms with Gasteiger partial charge in [-0.15, -0.1) is 0 Å². The highest BCUT2D eigenvalue weighted by molar-refractivity contribution is 7.07. The number of anilines is 1. The van der Waals surface area contributed by atoms with E-state index in [0.717, 1.165) is 11.3 Å². The highest BCUT2D eigenvalue weighted by Gasteiger charge is 2.34. The van der Waals surface area contributed by atoms with Crippen molar-refractivity contribution in [3.63, 3.8) is 0 Å². The van der Waals surface area contributed by atoms with Crippen molar-refractivity contribution in [1.82, 2.24) is 4.57 Å². The zero-order valence-electron chi connectivity index (χ0n) is 22.6. The van der Waals surface area contributed by atoms with Gasteiger partial charge in [0.25, 0.3) is 11.5 Å². The Hall–Kier alpha value is -4.63. The Morgan fingerprint density at radius 1 is 1.02 bits per heavy atom. The molecule has 0 bridgehead atoms. The molecule has 0 saturated carbocycles. The Morgan fingerprint density at radius 3 is 2.42 bits per heavy atom. The summed E-state index contributed by atoms with van der Waals surface area (Å²) >= 11 is 1.28. The number of amides is 1. The van der Waals surface area contributed by atoms with E-state index < -0.39 is 6.04 Å². The molecule has 1 atom stereocenters. The summed E-state index contributed by atoms with van der Waals surface area (Å²) in [6.45, 7) is 4.29. The molecule has 0 fully saturated rings. The number of carbonyl (C=O) groups excluding carboxylic acids is 1. The van der Waals surface area contributed by atoms with Crippen molar-refractivity contribution in [3.8, 4) is 17.2 Å². The number of hydrogen-bond acceptors (Lipinski definition) is 7. The van der Waals surface area contributed by atoms with Crippen molar-refractivity contribution in [2.45, 2.75) is 19.9 Å². The monoisotopic (exact) mass is 555 g/mol. The van der Waals surface area contributed by atoms with Crippen LogP contribution in [0.4, 0.5) is 5.69 Å². The minimum atomic E-state index is -0.775. The van der Waals surface area contributed by atoms with Crippen LogP contribution in [0.5, 0.6) is 17.2 Å². The zero-order chi connectivity index (χ0) is 28.2. The van der Waals surface area contributed by atoms with Crippen LogP contribution in [0.15, 0.2) is 93.9 Å². The van der Waals surface area contributed by atoms with Gasteiger partial charge in [0, 0.05) is 17.3 Å². The Bertz CT molecular complexity index is 1760. The van der Waals surface area contributed by atoms with E-state index in [4.69, 9.17) is 19.2 Å². The minimum absolute atomic E-state index is 0.252. The van der Waals surface area contributed by atoms with Gasteiger partial charge in [0.05, 0.1) is 36.6 Å². The standard InChI is InChI=1S/C31H29N3O5S/c1-5-39-22-13-11-20(12-14-22)17-26-30(36)34-28(24-16-15-23(37-3)18-25(24)38-4)27(19(2)32-31(34)40-26)29(35)33-21-9-7-6-8-10-21/h6-18,28H,5H2,1-4H3,(H,33,35)/b26-17-/t28-/m1/s1. The number of nitrogens with one attached hydrogen (secondary N) is 1. The second-order valence-corrected chi connectivity index (χ2v) is 10.0. The first kappa shape index (κ1) is 27.0. The van der Waals surface area contributed by atoms with Gasteiger partial charge in [0.1, 0.15) is 23.3 Å². The van der Waals surface area contributed by atoms with Gasteiger partial charge >= 0.3 is 0 Å². The molecule has 4 aromatic rings. The summed E-state index contributed by atoms with van der Waals surface area (Å²) < 4.78 is 18.7. The summed E-state index contributed by atoms with van der Waals surface area (Å²) in [5.74, 6) is 1.50. The zero-order valence-corrected chi connectivity index (χ0v) is 23.5. The van der Waals surface area contributed by atoms with Gasteiger partial charge in [0.15, 0.2) is 4.80 Å². The molecule has 8 nitrogen and oxygen atoms in total. The topological polar surface area (TPSA) is 91.1 Å². The van der Waals surface area contributed by atoms with Gasteiger partial charge in [0.2, 0.25) is 0 Å². The highest BCUT2D eigenvalue weighted by Crippen LogP contribution is 2.37. The Labute approximate surface area is 235 Å². The molecule has 204 valence electrons. The van der Waals surface area contributed by atoms with E-state index in [0.29, 0.717) is 50.0 Å². The first-order chi connectivity index (χ1) is 19.4. The molecular formula is C31H29N3O5S. The molecule has 0 unspecified atom stereocenters. The van der Waals surface area contributed by atoms with Crippen LogP contribution in [0.3, 0.4) is 0 Å². The number of thiazole rings is 1. The lowest BCUT2D eigenvalue weighted by Crippen LogP contribution is -2.40. The maximum Gasteiger partial charge on any atom is 0.271 e. The summed E-state index contributed by atoms with van der Waals surface area (Å²) in [4.78, 5) is 32.9. The molecule has 0 aliphatic carbocycles. The van der Waals surface area contributed by atoms with E-state index in [-0.39, 0.29) is 11.5 Å². The fraction of sp³-hybridized carbons (Fsp3) is 0.194. The lowest BCUT2D eigenvalue weighted by atomic mass is 9.94. The van der Waals surface area contributed by atoms with Crippen molar-refractivity contribution < 1.29 is 19.0 Å². The van der Waals surface area contributed by atoms with Crippen LogP contribution >= 0.6 is 11.3 Å². The average Bonchev–Trinajstić information content (AvgIpc) is 3.27. The van der Waals surface area contributed by atoms with E-state index in [1.807, 2.05) is 73.7 Å². The fourth-order valence-electron chi connectivity index (χ4n) is 4.65. The van der Waals surface area contributed by atoms with Gasteiger partial charge in [-0.05, 0) is 61.9 Å². The van der Waals surface area contributed by atoms with Crippen LogP contribution in [-0.2, 0) is 4.79 Å². The van der Waals surface area contributed by atoms with Crippen molar-refractivity contribution >= 4 is 29.0 Å². The maximum atomic E-state index is 14.0. The molecule has 2 heterocycles. The number of allylic oxidation sites excluding steroid dienone is 1.